The molecule has 29 heavy (non-hydrogen) atoms. The van der Waals surface area contributed by atoms with Crippen LogP contribution in [0.1, 0.15) is 55.5 Å². The molecule has 3 N–H and O–H groups in total. The quantitative estimate of drug-likeness (QED) is 0.665. The Balaban J connectivity index is 2.41. The lowest BCUT2D eigenvalue weighted by Gasteiger charge is -2.19. The van der Waals surface area contributed by atoms with Crippen LogP contribution in [-0.2, 0) is 4.74 Å². The number of carboxylic acids is 1. The molecule has 2 aromatic rings. The Kier molecular flexibility index (Phi) is 6.58. The molecule has 1 aromatic heterocycles. The molecule has 0 saturated heterocycles. The second-order valence-electron chi connectivity index (χ2n) is 7.45. The highest BCUT2D eigenvalue weighted by atomic mass is 32.1. The van der Waals surface area contributed by atoms with Crippen LogP contribution in [0.5, 0.6) is 0 Å². The molecule has 10 heteroatoms. The number of hydrogen-bond donors (Lipinski definition) is 3. The first-order chi connectivity index (χ1) is 13.4. The summed E-state index contributed by atoms with van der Waals surface area (Å²) in [6.07, 6.45) is -0.860. The number of carboxylic acid groups (broad SMARTS) is 1. The van der Waals surface area contributed by atoms with E-state index in [1.165, 1.54) is 12.1 Å². The summed E-state index contributed by atoms with van der Waals surface area (Å²) in [5.74, 6) is -2.48. The van der Waals surface area contributed by atoms with Crippen molar-refractivity contribution in [2.45, 2.75) is 46.3 Å². The van der Waals surface area contributed by atoms with Gasteiger partial charge >= 0.3 is 12.1 Å². The molecular formula is C19H22FN3O5S. The number of benzene rings is 1. The third-order valence-electron chi connectivity index (χ3n) is 3.32. The second-order valence-corrected chi connectivity index (χ2v) is 8.45. The number of ether oxygens (including phenoxy) is 1. The molecule has 0 bridgehead atoms. The van der Waals surface area contributed by atoms with Crippen LogP contribution in [-0.4, -0.2) is 39.7 Å². The highest BCUT2D eigenvalue weighted by molar-refractivity contribution is 7.19. The Morgan fingerprint density at radius 3 is 2.45 bits per heavy atom. The van der Waals surface area contributed by atoms with Crippen molar-refractivity contribution in [1.29, 1.82) is 0 Å². The Morgan fingerprint density at radius 1 is 1.24 bits per heavy atom. The van der Waals surface area contributed by atoms with Gasteiger partial charge in [-0.15, -0.1) is 0 Å². The molecule has 0 saturated carbocycles. The van der Waals surface area contributed by atoms with Crippen LogP contribution in [0.2, 0.25) is 0 Å². The Morgan fingerprint density at radius 2 is 1.90 bits per heavy atom. The molecule has 0 unspecified atom stereocenters. The van der Waals surface area contributed by atoms with Crippen molar-refractivity contribution in [3.63, 3.8) is 0 Å². The van der Waals surface area contributed by atoms with E-state index < -0.39 is 35.1 Å². The summed E-state index contributed by atoms with van der Waals surface area (Å²) in [4.78, 5) is 39.6. The molecule has 0 radical (unpaired) electrons. The van der Waals surface area contributed by atoms with Gasteiger partial charge < -0.3 is 15.2 Å². The Labute approximate surface area is 171 Å². The number of aromatic carboxylic acids is 1. The van der Waals surface area contributed by atoms with Gasteiger partial charge in [0, 0.05) is 17.2 Å². The maximum Gasteiger partial charge on any atom is 0.412 e. The van der Waals surface area contributed by atoms with E-state index in [2.05, 4.69) is 15.6 Å². The highest BCUT2D eigenvalue weighted by Gasteiger charge is 2.24. The van der Waals surface area contributed by atoms with Crippen LogP contribution in [0.25, 0.3) is 10.6 Å². The zero-order chi connectivity index (χ0) is 21.9. The topological polar surface area (TPSA) is 118 Å². The number of nitrogens with one attached hydrogen (secondary N) is 2. The van der Waals surface area contributed by atoms with E-state index in [0.29, 0.717) is 0 Å². The molecule has 0 aliphatic heterocycles. The van der Waals surface area contributed by atoms with Gasteiger partial charge in [0.2, 0.25) is 0 Å². The van der Waals surface area contributed by atoms with Crippen molar-refractivity contribution in [3.05, 3.63) is 35.3 Å². The van der Waals surface area contributed by atoms with Gasteiger partial charge in [-0.2, -0.15) is 0 Å². The van der Waals surface area contributed by atoms with Crippen molar-refractivity contribution >= 4 is 34.3 Å². The van der Waals surface area contributed by atoms with Crippen molar-refractivity contribution < 1.29 is 28.6 Å². The number of carbonyl (C=O) groups excluding carboxylic acids is 2. The number of rotatable bonds is 5. The van der Waals surface area contributed by atoms with Gasteiger partial charge in [0.15, 0.2) is 5.69 Å². The predicted molar refractivity (Wildman–Crippen MR) is 107 cm³/mol. The van der Waals surface area contributed by atoms with Crippen molar-refractivity contribution in [1.82, 2.24) is 10.3 Å². The summed E-state index contributed by atoms with van der Waals surface area (Å²) >= 11 is 0.768. The van der Waals surface area contributed by atoms with E-state index in [9.17, 15) is 23.9 Å². The molecule has 1 heterocycles. The molecule has 0 fully saturated rings. The number of thiazole rings is 1. The fraction of sp³-hybridized carbons (Fsp3) is 0.368. The average Bonchev–Trinajstić information content (AvgIpc) is 2.96. The minimum absolute atomic E-state index is 0.00477. The van der Waals surface area contributed by atoms with Crippen LogP contribution in [0, 0.1) is 5.82 Å². The first kappa shape index (κ1) is 22.3. The van der Waals surface area contributed by atoms with Gasteiger partial charge in [-0.3, -0.25) is 10.1 Å². The average molecular weight is 423 g/mol. The minimum Gasteiger partial charge on any atom is -0.476 e. The van der Waals surface area contributed by atoms with Crippen LogP contribution >= 0.6 is 11.3 Å². The highest BCUT2D eigenvalue weighted by Crippen LogP contribution is 2.34. The van der Waals surface area contributed by atoms with Crippen molar-refractivity contribution in [2.75, 3.05) is 5.32 Å². The summed E-state index contributed by atoms with van der Waals surface area (Å²) in [5, 5.41) is 14.3. The second kappa shape index (κ2) is 8.56. The van der Waals surface area contributed by atoms with E-state index in [4.69, 9.17) is 4.74 Å². The molecule has 1 aromatic carbocycles. The molecule has 2 amide bonds. The standard InChI is InChI=1S/C19H22FN3O5S/c1-9(2)21-14(24)10-6-7-12(20)11(8-10)15-22-13(17(25)26)16(29-15)23-18(27)28-19(3,4)5/h6-9H,1-5H3,(H,21,24)(H,23,27)(H,25,26). The fourth-order valence-electron chi connectivity index (χ4n) is 2.24. The largest absolute Gasteiger partial charge is 0.476 e. The molecule has 0 spiro atoms. The molecular weight excluding hydrogens is 401 g/mol. The third-order valence-corrected chi connectivity index (χ3v) is 4.33. The van der Waals surface area contributed by atoms with E-state index in [-0.39, 0.29) is 27.2 Å². The fourth-order valence-corrected chi connectivity index (χ4v) is 3.20. The molecule has 0 aliphatic carbocycles. The molecule has 2 rings (SSSR count). The minimum atomic E-state index is -1.40. The first-order valence-electron chi connectivity index (χ1n) is 8.72. The number of hydrogen-bond acceptors (Lipinski definition) is 6. The van der Waals surface area contributed by atoms with Gasteiger partial charge in [-0.25, -0.2) is 19.0 Å². The van der Waals surface area contributed by atoms with Crippen molar-refractivity contribution in [2.24, 2.45) is 0 Å². The summed E-state index contributed by atoms with van der Waals surface area (Å²) in [6.45, 7) is 8.55. The number of amides is 2. The zero-order valence-electron chi connectivity index (χ0n) is 16.6. The van der Waals surface area contributed by atoms with Gasteiger partial charge in [0.1, 0.15) is 21.4 Å². The van der Waals surface area contributed by atoms with E-state index in [0.717, 1.165) is 17.4 Å². The number of carbonyl (C=O) groups is 3. The Bertz CT molecular complexity index is 950. The van der Waals surface area contributed by atoms with Gasteiger partial charge in [0.05, 0.1) is 0 Å². The van der Waals surface area contributed by atoms with Crippen molar-refractivity contribution in [3.8, 4) is 10.6 Å². The lowest BCUT2D eigenvalue weighted by molar-refractivity contribution is 0.0636. The number of halogens is 1. The van der Waals surface area contributed by atoms with E-state index in [1.807, 2.05) is 0 Å². The SMILES string of the molecule is CC(C)NC(=O)c1ccc(F)c(-c2nc(C(=O)O)c(NC(=O)OC(C)(C)C)s2)c1. The number of aromatic nitrogens is 1. The van der Waals surface area contributed by atoms with Crippen LogP contribution in [0.4, 0.5) is 14.2 Å². The Hall–Kier alpha value is -3.01. The predicted octanol–water partition coefficient (Wildman–Crippen LogP) is 4.13. The monoisotopic (exact) mass is 423 g/mol. The number of nitrogens with zero attached hydrogens (tertiary/aromatic N) is 1. The maximum absolute atomic E-state index is 14.4. The molecule has 156 valence electrons. The molecule has 0 aliphatic rings. The first-order valence-corrected chi connectivity index (χ1v) is 9.54. The molecule has 8 nitrogen and oxygen atoms in total. The number of anilines is 1. The summed E-state index contributed by atoms with van der Waals surface area (Å²) < 4.78 is 19.5. The third kappa shape index (κ3) is 5.98. The summed E-state index contributed by atoms with van der Waals surface area (Å²) in [5.41, 5.74) is -1.09. The molecule has 0 atom stereocenters. The lowest BCUT2D eigenvalue weighted by Crippen LogP contribution is -2.30. The van der Waals surface area contributed by atoms with Gasteiger partial charge in [-0.05, 0) is 52.8 Å². The van der Waals surface area contributed by atoms with Crippen LogP contribution in [0.15, 0.2) is 18.2 Å². The summed E-state index contributed by atoms with van der Waals surface area (Å²) in [7, 11) is 0. The van der Waals surface area contributed by atoms with Crippen LogP contribution in [0.3, 0.4) is 0 Å². The van der Waals surface area contributed by atoms with Crippen LogP contribution < -0.4 is 10.6 Å². The summed E-state index contributed by atoms with van der Waals surface area (Å²) in [6, 6.07) is 3.60. The zero-order valence-corrected chi connectivity index (χ0v) is 17.4. The van der Waals surface area contributed by atoms with E-state index >= 15 is 0 Å². The normalized spacial score (nSPS) is 11.3. The van der Waals surface area contributed by atoms with E-state index in [1.54, 1.807) is 34.6 Å². The van der Waals surface area contributed by atoms with Gasteiger partial charge in [-0.1, -0.05) is 11.3 Å². The maximum atomic E-state index is 14.4. The smallest absolute Gasteiger partial charge is 0.412 e. The van der Waals surface area contributed by atoms with Gasteiger partial charge in [0.25, 0.3) is 5.91 Å². The lowest BCUT2D eigenvalue weighted by atomic mass is 10.1.